The van der Waals surface area contributed by atoms with Crippen LogP contribution in [0.1, 0.15) is 47.0 Å². The second-order valence-corrected chi connectivity index (χ2v) is 6.55. The molecule has 2 aromatic rings. The molecule has 2 heterocycles. The average Bonchev–Trinajstić information content (AvgIpc) is 2.90. The third-order valence-electron chi connectivity index (χ3n) is 4.39. The highest BCUT2D eigenvalue weighted by Crippen LogP contribution is 2.34. The number of methoxy groups -OCH3 is 1. The molecule has 1 aromatic carbocycles. The number of nitrogens with zero attached hydrogens (tertiary/aromatic N) is 2. The Hall–Kier alpha value is -2.37. The second-order valence-electron chi connectivity index (χ2n) is 6.55. The van der Waals surface area contributed by atoms with Gasteiger partial charge in [0.2, 0.25) is 0 Å². The number of rotatable bonds is 4. The van der Waals surface area contributed by atoms with Crippen molar-refractivity contribution in [1.82, 2.24) is 9.55 Å². The lowest BCUT2D eigenvalue weighted by molar-refractivity contribution is -0.0793. The van der Waals surface area contributed by atoms with E-state index in [-0.39, 0.29) is 5.69 Å². The van der Waals surface area contributed by atoms with Gasteiger partial charge < -0.3 is 4.74 Å². The van der Waals surface area contributed by atoms with Crippen molar-refractivity contribution in [3.05, 3.63) is 40.5 Å². The second kappa shape index (κ2) is 6.26. The fourth-order valence-corrected chi connectivity index (χ4v) is 3.43. The van der Waals surface area contributed by atoms with E-state index in [4.69, 9.17) is 4.74 Å². The first-order valence-electron chi connectivity index (χ1n) is 8.07. The van der Waals surface area contributed by atoms with E-state index in [9.17, 15) is 9.32 Å². The van der Waals surface area contributed by atoms with Crippen molar-refractivity contribution in [1.29, 1.82) is 0 Å². The van der Waals surface area contributed by atoms with Crippen molar-refractivity contribution in [2.75, 3.05) is 7.11 Å². The zero-order chi connectivity index (χ0) is 17.4. The minimum absolute atomic E-state index is 0.0573. The molecule has 3 rings (SSSR count). The largest absolute Gasteiger partial charge is 0.496 e. The molecule has 0 N–H and O–H groups in total. The number of benzene rings is 1. The van der Waals surface area contributed by atoms with Gasteiger partial charge in [0.1, 0.15) is 11.6 Å². The summed E-state index contributed by atoms with van der Waals surface area (Å²) in [4.78, 5) is 19.2. The van der Waals surface area contributed by atoms with Gasteiger partial charge in [0.25, 0.3) is 0 Å². The van der Waals surface area contributed by atoms with Gasteiger partial charge in [0.15, 0.2) is 5.69 Å². The highest BCUT2D eigenvalue weighted by molar-refractivity contribution is 5.88. The lowest BCUT2D eigenvalue weighted by Crippen LogP contribution is -2.16. The van der Waals surface area contributed by atoms with Crippen LogP contribution in [-0.2, 0) is 24.2 Å². The topological polar surface area (TPSA) is 53.4 Å². The van der Waals surface area contributed by atoms with E-state index in [0.29, 0.717) is 23.9 Å². The number of fused-ring (bicyclic) bond motifs is 3. The summed E-state index contributed by atoms with van der Waals surface area (Å²) in [7, 11) is 1.68. The molecule has 0 saturated heterocycles. The zero-order valence-electron chi connectivity index (χ0n) is 14.4. The summed E-state index contributed by atoms with van der Waals surface area (Å²) >= 11 is 0. The van der Waals surface area contributed by atoms with Gasteiger partial charge in [-0.2, -0.15) is 0 Å². The Balaban J connectivity index is 2.17. The van der Waals surface area contributed by atoms with E-state index in [1.54, 1.807) is 14.0 Å². The first-order valence-corrected chi connectivity index (χ1v) is 8.07. The molecule has 128 valence electrons. The van der Waals surface area contributed by atoms with Crippen LogP contribution in [0.25, 0.3) is 5.69 Å². The predicted octanol–water partition coefficient (Wildman–Crippen LogP) is 3.53. The fraction of sp³-hybridized carbons (Fsp3) is 0.444. The summed E-state index contributed by atoms with van der Waals surface area (Å²) in [5.41, 5.74) is 3.98. The number of imidazole rings is 1. The average molecular weight is 332 g/mol. The zero-order valence-corrected chi connectivity index (χ0v) is 14.4. The van der Waals surface area contributed by atoms with Crippen LogP contribution in [0.4, 0.5) is 4.53 Å². The van der Waals surface area contributed by atoms with Gasteiger partial charge in [-0.1, -0.05) is 13.8 Å². The van der Waals surface area contributed by atoms with E-state index in [2.05, 4.69) is 35.9 Å². The van der Waals surface area contributed by atoms with Gasteiger partial charge in [-0.25, -0.2) is 14.7 Å². The molecule has 0 amide bonds. The third-order valence-corrected chi connectivity index (χ3v) is 4.39. The normalized spacial score (nSPS) is 12.8. The van der Waals surface area contributed by atoms with Crippen LogP contribution in [0.15, 0.2) is 12.1 Å². The van der Waals surface area contributed by atoms with Crippen molar-refractivity contribution in [2.45, 2.75) is 40.0 Å². The summed E-state index contributed by atoms with van der Waals surface area (Å²) in [5.74, 6) is 0.978. The number of aryl methyl sites for hydroxylation is 2. The number of carbonyl (C=O) groups is 1. The summed E-state index contributed by atoms with van der Waals surface area (Å²) in [6, 6.07) is 4.15. The standard InChI is InChI=1S/C18H21FN2O3/c1-10(2)7-13-8-15-12(9-16(13)23-4)5-6-14-17(18(22)24-19)20-11(3)21(14)15/h8-10H,5-7H2,1-4H3. The van der Waals surface area contributed by atoms with E-state index in [1.807, 2.05) is 4.57 Å². The van der Waals surface area contributed by atoms with Crippen LogP contribution in [0.3, 0.4) is 0 Å². The molecule has 0 aliphatic carbocycles. The number of ether oxygens (including phenoxy) is 1. The first-order chi connectivity index (χ1) is 11.5. The molecule has 0 radical (unpaired) electrons. The molecule has 1 aromatic heterocycles. The molecule has 0 saturated carbocycles. The van der Waals surface area contributed by atoms with Crippen molar-refractivity contribution in [3.8, 4) is 11.4 Å². The maximum absolute atomic E-state index is 12.3. The summed E-state index contributed by atoms with van der Waals surface area (Å²) in [5, 5.41) is 0. The fourth-order valence-electron chi connectivity index (χ4n) is 3.43. The molecule has 0 fully saturated rings. The number of hydrogen-bond acceptors (Lipinski definition) is 4. The Morgan fingerprint density at radius 2 is 2.12 bits per heavy atom. The van der Waals surface area contributed by atoms with Crippen LogP contribution < -0.4 is 4.74 Å². The van der Waals surface area contributed by atoms with Crippen LogP contribution >= 0.6 is 0 Å². The minimum atomic E-state index is -1.04. The number of aromatic nitrogens is 2. The predicted molar refractivity (Wildman–Crippen MR) is 87.3 cm³/mol. The molecule has 0 atom stereocenters. The lowest BCUT2D eigenvalue weighted by atomic mass is 9.94. The molecular weight excluding hydrogens is 311 g/mol. The minimum Gasteiger partial charge on any atom is -0.496 e. The van der Waals surface area contributed by atoms with Crippen LogP contribution in [0.5, 0.6) is 5.75 Å². The molecule has 5 nitrogen and oxygen atoms in total. The van der Waals surface area contributed by atoms with Crippen LogP contribution in [-0.4, -0.2) is 22.6 Å². The number of hydrogen-bond donors (Lipinski definition) is 0. The Kier molecular flexibility index (Phi) is 4.30. The first kappa shape index (κ1) is 16.5. The maximum atomic E-state index is 12.3. The molecule has 6 heteroatoms. The van der Waals surface area contributed by atoms with Crippen molar-refractivity contribution < 1.29 is 19.0 Å². The number of halogens is 1. The van der Waals surface area contributed by atoms with E-state index in [0.717, 1.165) is 35.4 Å². The lowest BCUT2D eigenvalue weighted by Gasteiger charge is -2.23. The van der Waals surface area contributed by atoms with Gasteiger partial charge in [-0.15, -0.1) is 0 Å². The highest BCUT2D eigenvalue weighted by atomic mass is 19.3. The van der Waals surface area contributed by atoms with Crippen LogP contribution in [0, 0.1) is 12.8 Å². The summed E-state index contributed by atoms with van der Waals surface area (Å²) in [6.45, 7) is 6.12. The smallest absolute Gasteiger partial charge is 0.399 e. The van der Waals surface area contributed by atoms with Gasteiger partial charge in [0, 0.05) is 4.53 Å². The Labute approximate surface area is 140 Å². The van der Waals surface area contributed by atoms with Crippen molar-refractivity contribution in [3.63, 3.8) is 0 Å². The molecular formula is C18H21FN2O3. The molecule has 0 bridgehead atoms. The number of carbonyl (C=O) groups excluding carboxylic acids is 1. The van der Waals surface area contributed by atoms with Gasteiger partial charge in [0.05, 0.1) is 18.5 Å². The van der Waals surface area contributed by atoms with Gasteiger partial charge >= 0.3 is 5.97 Å². The molecule has 0 spiro atoms. The Bertz CT molecular complexity index is 796. The van der Waals surface area contributed by atoms with Gasteiger partial charge in [-0.05, 0) is 55.4 Å². The van der Waals surface area contributed by atoms with E-state index in [1.165, 1.54) is 0 Å². The van der Waals surface area contributed by atoms with Crippen LogP contribution in [0.2, 0.25) is 0 Å². The molecule has 0 unspecified atom stereocenters. The molecule has 1 aliphatic rings. The third kappa shape index (κ3) is 2.66. The molecule has 24 heavy (non-hydrogen) atoms. The van der Waals surface area contributed by atoms with E-state index >= 15 is 0 Å². The SMILES string of the molecule is COc1cc2c(cc1CC(C)C)-n1c(C)nc(C(=O)OF)c1CC2. The monoisotopic (exact) mass is 332 g/mol. The van der Waals surface area contributed by atoms with E-state index < -0.39 is 5.97 Å². The Morgan fingerprint density at radius 1 is 1.38 bits per heavy atom. The summed E-state index contributed by atoms with van der Waals surface area (Å²) < 4.78 is 19.8. The maximum Gasteiger partial charge on any atom is 0.399 e. The van der Waals surface area contributed by atoms with Gasteiger partial charge in [-0.3, -0.25) is 4.57 Å². The molecule has 1 aliphatic heterocycles. The van der Waals surface area contributed by atoms with Crippen molar-refractivity contribution >= 4 is 5.97 Å². The van der Waals surface area contributed by atoms with Crippen molar-refractivity contribution in [2.24, 2.45) is 5.92 Å². The quantitative estimate of drug-likeness (QED) is 0.859. The summed E-state index contributed by atoms with van der Waals surface area (Å²) in [6.07, 6.45) is 2.23. The Morgan fingerprint density at radius 3 is 2.75 bits per heavy atom. The highest BCUT2D eigenvalue weighted by Gasteiger charge is 2.28.